The molecule has 0 amide bonds. The van der Waals surface area contributed by atoms with E-state index in [4.69, 9.17) is 4.74 Å². The molecule has 0 aromatic heterocycles. The summed E-state index contributed by atoms with van der Waals surface area (Å²) in [6.45, 7) is 7.65. The zero-order chi connectivity index (χ0) is 14.3. The number of nitrogens with zero attached hydrogens (tertiary/aromatic N) is 1. The van der Waals surface area contributed by atoms with Crippen molar-refractivity contribution in [1.29, 1.82) is 0 Å². The Kier molecular flexibility index (Phi) is 17.9. The number of ether oxygens (including phenoxy) is 2. The summed E-state index contributed by atoms with van der Waals surface area (Å²) in [4.78, 5) is 15.3. The van der Waals surface area contributed by atoms with Crippen LogP contribution in [0.3, 0.4) is 0 Å². The molecule has 7 heteroatoms. The highest BCUT2D eigenvalue weighted by Gasteiger charge is 1.99. The van der Waals surface area contributed by atoms with E-state index in [1.54, 1.807) is 0 Å². The van der Waals surface area contributed by atoms with Crippen molar-refractivity contribution in [3.8, 4) is 0 Å². The van der Waals surface area contributed by atoms with Crippen LogP contribution in [-0.2, 0) is 14.3 Å². The predicted molar refractivity (Wildman–Crippen MR) is 91.8 cm³/mol. The third-order valence-corrected chi connectivity index (χ3v) is 2.37. The molecular weight excluding hydrogens is 373 g/mol. The Bertz CT molecular complexity index is 263. The number of aliphatic imine (C=N–C) groups is 1. The number of carbonyl (C=O) groups excluding carboxylic acids is 1. The summed E-state index contributed by atoms with van der Waals surface area (Å²) < 4.78 is 9.83. The number of hydrogen-bond acceptors (Lipinski definition) is 4. The molecule has 0 aromatic carbocycles. The van der Waals surface area contributed by atoms with Crippen LogP contribution >= 0.6 is 24.0 Å². The van der Waals surface area contributed by atoms with Crippen LogP contribution in [0.2, 0.25) is 0 Å². The zero-order valence-electron chi connectivity index (χ0n) is 12.7. The minimum absolute atomic E-state index is 0. The first-order valence-electron chi connectivity index (χ1n) is 6.91. The summed E-state index contributed by atoms with van der Waals surface area (Å²) in [7, 11) is 1.41. The van der Waals surface area contributed by atoms with Gasteiger partial charge >= 0.3 is 5.97 Å². The standard InChI is InChI=1S/C13H27N3O3.HI/c1-4-14-13(16-10-11-19-5-2)15-9-7-6-8-12(17)18-3;/h4-11H2,1-3H3,(H2,14,15,16);1H. The van der Waals surface area contributed by atoms with Gasteiger partial charge in [0.05, 0.1) is 13.7 Å². The van der Waals surface area contributed by atoms with Crippen molar-refractivity contribution < 1.29 is 14.3 Å². The summed E-state index contributed by atoms with van der Waals surface area (Å²) in [6, 6.07) is 0. The average Bonchev–Trinajstić information content (AvgIpc) is 2.42. The third kappa shape index (κ3) is 13.9. The fraction of sp³-hybridized carbons (Fsp3) is 0.846. The minimum Gasteiger partial charge on any atom is -0.469 e. The summed E-state index contributed by atoms with van der Waals surface area (Å²) in [5.74, 6) is 0.631. The highest BCUT2D eigenvalue weighted by molar-refractivity contribution is 14.0. The van der Waals surface area contributed by atoms with Crippen LogP contribution in [0.4, 0.5) is 0 Å². The maximum atomic E-state index is 10.9. The molecule has 0 radical (unpaired) electrons. The quantitative estimate of drug-likeness (QED) is 0.191. The molecule has 120 valence electrons. The molecule has 0 fully saturated rings. The zero-order valence-corrected chi connectivity index (χ0v) is 15.1. The van der Waals surface area contributed by atoms with Gasteiger partial charge in [0.25, 0.3) is 0 Å². The first-order valence-corrected chi connectivity index (χ1v) is 6.91. The number of rotatable bonds is 10. The van der Waals surface area contributed by atoms with Crippen LogP contribution < -0.4 is 10.6 Å². The largest absolute Gasteiger partial charge is 0.469 e. The van der Waals surface area contributed by atoms with Crippen LogP contribution in [0.15, 0.2) is 4.99 Å². The lowest BCUT2D eigenvalue weighted by molar-refractivity contribution is -0.140. The first-order chi connectivity index (χ1) is 9.24. The lowest BCUT2D eigenvalue weighted by Gasteiger charge is -2.11. The molecule has 0 rings (SSSR count). The summed E-state index contributed by atoms with van der Waals surface area (Å²) in [5.41, 5.74) is 0. The summed E-state index contributed by atoms with van der Waals surface area (Å²) in [5, 5.41) is 6.35. The molecule has 0 heterocycles. The van der Waals surface area contributed by atoms with Gasteiger partial charge in [-0.05, 0) is 26.7 Å². The normalized spacial score (nSPS) is 10.7. The van der Waals surface area contributed by atoms with Gasteiger partial charge in [0, 0.05) is 32.7 Å². The van der Waals surface area contributed by atoms with E-state index >= 15 is 0 Å². The van der Waals surface area contributed by atoms with Gasteiger partial charge in [0.1, 0.15) is 0 Å². The predicted octanol–water partition coefficient (Wildman–Crippen LogP) is 1.54. The van der Waals surface area contributed by atoms with Crippen molar-refractivity contribution >= 4 is 35.9 Å². The fourth-order valence-electron chi connectivity index (χ4n) is 1.40. The molecule has 20 heavy (non-hydrogen) atoms. The Labute approximate surface area is 139 Å². The Morgan fingerprint density at radius 1 is 1.20 bits per heavy atom. The van der Waals surface area contributed by atoms with Crippen molar-refractivity contribution in [1.82, 2.24) is 10.6 Å². The van der Waals surface area contributed by atoms with Crippen LogP contribution in [0.5, 0.6) is 0 Å². The number of hydrogen-bond donors (Lipinski definition) is 2. The number of halogens is 1. The molecular formula is C13H28IN3O3. The second-order valence-corrected chi connectivity index (χ2v) is 3.92. The molecule has 0 aliphatic carbocycles. The van der Waals surface area contributed by atoms with Gasteiger partial charge in [-0.25, -0.2) is 0 Å². The van der Waals surface area contributed by atoms with Crippen molar-refractivity contribution in [3.05, 3.63) is 0 Å². The van der Waals surface area contributed by atoms with Gasteiger partial charge in [-0.2, -0.15) is 0 Å². The lowest BCUT2D eigenvalue weighted by atomic mass is 10.2. The molecule has 2 N–H and O–H groups in total. The lowest BCUT2D eigenvalue weighted by Crippen LogP contribution is -2.39. The highest BCUT2D eigenvalue weighted by atomic mass is 127. The molecule has 0 saturated heterocycles. The van der Waals surface area contributed by atoms with Crippen molar-refractivity contribution in [2.24, 2.45) is 4.99 Å². The number of nitrogens with one attached hydrogen (secondary N) is 2. The van der Waals surface area contributed by atoms with Gasteiger partial charge in [0.15, 0.2) is 5.96 Å². The second-order valence-electron chi connectivity index (χ2n) is 3.92. The fourth-order valence-corrected chi connectivity index (χ4v) is 1.40. The number of guanidine groups is 1. The van der Waals surface area contributed by atoms with Gasteiger partial charge in [-0.3, -0.25) is 9.79 Å². The molecule has 6 nitrogen and oxygen atoms in total. The topological polar surface area (TPSA) is 72.0 Å². The van der Waals surface area contributed by atoms with Gasteiger partial charge in [0.2, 0.25) is 0 Å². The van der Waals surface area contributed by atoms with E-state index in [0.717, 1.165) is 38.5 Å². The van der Waals surface area contributed by atoms with E-state index in [0.29, 0.717) is 19.6 Å². The molecule has 0 unspecified atom stereocenters. The number of unbranched alkanes of at least 4 members (excludes halogenated alkanes) is 1. The Balaban J connectivity index is 0. The first kappa shape index (κ1) is 21.7. The summed E-state index contributed by atoms with van der Waals surface area (Å²) in [6.07, 6.45) is 2.13. The van der Waals surface area contributed by atoms with E-state index in [2.05, 4.69) is 20.4 Å². The van der Waals surface area contributed by atoms with Gasteiger partial charge in [-0.1, -0.05) is 0 Å². The van der Waals surface area contributed by atoms with Crippen LogP contribution in [0.1, 0.15) is 33.1 Å². The van der Waals surface area contributed by atoms with Crippen LogP contribution in [0, 0.1) is 0 Å². The second kappa shape index (κ2) is 16.5. The highest BCUT2D eigenvalue weighted by Crippen LogP contribution is 1.97. The maximum Gasteiger partial charge on any atom is 0.305 e. The number of carbonyl (C=O) groups is 1. The monoisotopic (exact) mass is 401 g/mol. The number of esters is 1. The maximum absolute atomic E-state index is 10.9. The molecule has 0 atom stereocenters. The minimum atomic E-state index is -0.161. The van der Waals surface area contributed by atoms with E-state index in [9.17, 15) is 4.79 Å². The van der Waals surface area contributed by atoms with Crippen molar-refractivity contribution in [2.75, 3.05) is 40.0 Å². The molecule has 0 bridgehead atoms. The summed E-state index contributed by atoms with van der Waals surface area (Å²) >= 11 is 0. The van der Waals surface area contributed by atoms with Crippen molar-refractivity contribution in [2.45, 2.75) is 33.1 Å². The van der Waals surface area contributed by atoms with E-state index in [1.807, 2.05) is 13.8 Å². The smallest absolute Gasteiger partial charge is 0.305 e. The molecule has 0 aliphatic heterocycles. The van der Waals surface area contributed by atoms with E-state index in [-0.39, 0.29) is 29.9 Å². The molecule has 0 spiro atoms. The van der Waals surface area contributed by atoms with Gasteiger partial charge < -0.3 is 20.1 Å². The van der Waals surface area contributed by atoms with Crippen molar-refractivity contribution in [3.63, 3.8) is 0 Å². The Morgan fingerprint density at radius 3 is 2.55 bits per heavy atom. The average molecular weight is 401 g/mol. The molecule has 0 aliphatic rings. The SMILES string of the molecule is CCNC(=NCCCCC(=O)OC)NCCOCC.I. The molecule has 0 saturated carbocycles. The Hall–Kier alpha value is -0.570. The van der Waals surface area contributed by atoms with Crippen LogP contribution in [-0.4, -0.2) is 51.9 Å². The third-order valence-electron chi connectivity index (χ3n) is 2.37. The Morgan fingerprint density at radius 2 is 1.95 bits per heavy atom. The number of methoxy groups -OCH3 is 1. The van der Waals surface area contributed by atoms with E-state index in [1.165, 1.54) is 7.11 Å². The van der Waals surface area contributed by atoms with Crippen LogP contribution in [0.25, 0.3) is 0 Å². The van der Waals surface area contributed by atoms with E-state index < -0.39 is 0 Å². The molecule has 0 aromatic rings. The van der Waals surface area contributed by atoms with Gasteiger partial charge in [-0.15, -0.1) is 24.0 Å².